The summed E-state index contributed by atoms with van der Waals surface area (Å²) in [6.45, 7) is 0. The van der Waals surface area contributed by atoms with E-state index in [1.54, 1.807) is 55.8 Å². The number of carbonyl (C=O) groups is 1. The third-order valence-corrected chi connectivity index (χ3v) is 3.52. The number of rotatable bonds is 3. The van der Waals surface area contributed by atoms with Crippen molar-refractivity contribution in [2.75, 3.05) is 12.4 Å². The summed E-state index contributed by atoms with van der Waals surface area (Å²) in [6, 6.07) is 14.1. The van der Waals surface area contributed by atoms with Crippen LogP contribution in [0, 0.1) is 0 Å². The average Bonchev–Trinajstić information content (AvgIpc) is 2.55. The molecule has 0 spiro atoms. The first-order valence-corrected chi connectivity index (χ1v) is 7.05. The molecule has 0 bridgehead atoms. The Bertz CT molecular complexity index is 849. The highest BCUT2D eigenvalue weighted by atomic mass is 35.5. The minimum atomic E-state index is -0.216. The number of hydrogen-bond acceptors (Lipinski definition) is 3. The second-order valence-corrected chi connectivity index (χ2v) is 5.14. The molecule has 110 valence electrons. The van der Waals surface area contributed by atoms with Gasteiger partial charge in [-0.1, -0.05) is 17.7 Å². The normalized spacial score (nSPS) is 10.5. The maximum atomic E-state index is 12.4. The van der Waals surface area contributed by atoms with Gasteiger partial charge in [0.2, 0.25) is 0 Å². The zero-order chi connectivity index (χ0) is 15.5. The monoisotopic (exact) mass is 312 g/mol. The van der Waals surface area contributed by atoms with Gasteiger partial charge in [0.1, 0.15) is 5.75 Å². The lowest BCUT2D eigenvalue weighted by molar-refractivity contribution is 0.102. The maximum Gasteiger partial charge on any atom is 0.255 e. The van der Waals surface area contributed by atoms with Crippen molar-refractivity contribution in [3.8, 4) is 5.75 Å². The first-order chi connectivity index (χ1) is 10.7. The largest absolute Gasteiger partial charge is 0.497 e. The van der Waals surface area contributed by atoms with Gasteiger partial charge in [-0.15, -0.1) is 0 Å². The highest BCUT2D eigenvalue weighted by Crippen LogP contribution is 2.25. The fourth-order valence-corrected chi connectivity index (χ4v) is 2.36. The van der Waals surface area contributed by atoms with Crippen LogP contribution in [0.5, 0.6) is 5.75 Å². The summed E-state index contributed by atoms with van der Waals surface area (Å²) >= 11 is 6.03. The van der Waals surface area contributed by atoms with Gasteiger partial charge in [-0.25, -0.2) is 0 Å². The number of fused-ring (bicyclic) bond motifs is 1. The zero-order valence-electron chi connectivity index (χ0n) is 11.8. The van der Waals surface area contributed by atoms with Gasteiger partial charge < -0.3 is 10.1 Å². The van der Waals surface area contributed by atoms with Gasteiger partial charge in [-0.3, -0.25) is 9.78 Å². The number of halogens is 1. The summed E-state index contributed by atoms with van der Waals surface area (Å²) in [7, 11) is 1.56. The maximum absolute atomic E-state index is 12.4. The summed E-state index contributed by atoms with van der Waals surface area (Å²) in [6.07, 6.45) is 1.65. The average molecular weight is 313 g/mol. The molecule has 1 N–H and O–H groups in total. The Morgan fingerprint density at radius 3 is 2.86 bits per heavy atom. The van der Waals surface area contributed by atoms with Crippen LogP contribution in [-0.2, 0) is 0 Å². The molecule has 0 saturated heterocycles. The molecule has 0 unspecified atom stereocenters. The number of aromatic nitrogens is 1. The van der Waals surface area contributed by atoms with Crippen LogP contribution in [0.3, 0.4) is 0 Å². The van der Waals surface area contributed by atoms with Crippen molar-refractivity contribution >= 4 is 34.1 Å². The molecule has 5 heteroatoms. The van der Waals surface area contributed by atoms with Crippen LogP contribution in [0.4, 0.5) is 5.69 Å². The topological polar surface area (TPSA) is 51.2 Å². The molecule has 0 atom stereocenters. The molecule has 0 fully saturated rings. The first kappa shape index (κ1) is 14.4. The molecule has 0 radical (unpaired) electrons. The Morgan fingerprint density at radius 1 is 1.18 bits per heavy atom. The van der Waals surface area contributed by atoms with E-state index in [0.717, 1.165) is 10.9 Å². The lowest BCUT2D eigenvalue weighted by Crippen LogP contribution is -2.12. The molecule has 1 aromatic heterocycles. The minimum Gasteiger partial charge on any atom is -0.497 e. The summed E-state index contributed by atoms with van der Waals surface area (Å²) < 4.78 is 5.13. The molecule has 1 amide bonds. The van der Waals surface area contributed by atoms with Crippen molar-refractivity contribution in [1.29, 1.82) is 0 Å². The van der Waals surface area contributed by atoms with Crippen molar-refractivity contribution in [1.82, 2.24) is 4.98 Å². The molecule has 3 aromatic rings. The van der Waals surface area contributed by atoms with Gasteiger partial charge in [0, 0.05) is 22.2 Å². The molecule has 1 heterocycles. The Balaban J connectivity index is 1.95. The summed E-state index contributed by atoms with van der Waals surface area (Å²) in [4.78, 5) is 16.7. The van der Waals surface area contributed by atoms with E-state index in [4.69, 9.17) is 16.3 Å². The van der Waals surface area contributed by atoms with E-state index in [9.17, 15) is 4.79 Å². The van der Waals surface area contributed by atoms with Crippen LogP contribution >= 0.6 is 11.6 Å². The van der Waals surface area contributed by atoms with E-state index in [-0.39, 0.29) is 5.91 Å². The van der Waals surface area contributed by atoms with E-state index in [2.05, 4.69) is 10.3 Å². The number of methoxy groups -OCH3 is 1. The Hall–Kier alpha value is -2.59. The molecule has 0 saturated carbocycles. The van der Waals surface area contributed by atoms with Crippen LogP contribution < -0.4 is 10.1 Å². The third-order valence-electron chi connectivity index (χ3n) is 3.28. The number of nitrogens with zero attached hydrogens (tertiary/aromatic N) is 1. The fraction of sp³-hybridized carbons (Fsp3) is 0.0588. The standard InChI is InChI=1S/C17H13ClN2O2/c1-22-13-4-2-3-11(9-13)17(21)20-16-7-8-19-15-6-5-12(18)10-14(15)16/h2-10H,1H3,(H,19,20,21). The molecule has 0 aliphatic carbocycles. The van der Waals surface area contributed by atoms with Crippen molar-refractivity contribution in [2.45, 2.75) is 0 Å². The number of amides is 1. The number of nitrogens with one attached hydrogen (secondary N) is 1. The van der Waals surface area contributed by atoms with Crippen molar-refractivity contribution in [3.63, 3.8) is 0 Å². The van der Waals surface area contributed by atoms with Crippen LogP contribution in [0.15, 0.2) is 54.7 Å². The molecule has 0 aliphatic heterocycles. The van der Waals surface area contributed by atoms with Gasteiger partial charge in [-0.2, -0.15) is 0 Å². The number of pyridine rings is 1. The fourth-order valence-electron chi connectivity index (χ4n) is 2.19. The Morgan fingerprint density at radius 2 is 2.05 bits per heavy atom. The lowest BCUT2D eigenvalue weighted by atomic mass is 10.1. The van der Waals surface area contributed by atoms with Crippen molar-refractivity contribution in [3.05, 3.63) is 65.3 Å². The van der Waals surface area contributed by atoms with Gasteiger partial charge in [0.25, 0.3) is 5.91 Å². The van der Waals surface area contributed by atoms with E-state index in [1.807, 2.05) is 6.07 Å². The first-order valence-electron chi connectivity index (χ1n) is 6.67. The quantitative estimate of drug-likeness (QED) is 0.790. The Kier molecular flexibility index (Phi) is 3.94. The summed E-state index contributed by atoms with van der Waals surface area (Å²) in [5, 5.41) is 4.28. The van der Waals surface area contributed by atoms with Crippen LogP contribution in [0.2, 0.25) is 5.02 Å². The van der Waals surface area contributed by atoms with Gasteiger partial charge in [-0.05, 0) is 42.5 Å². The minimum absolute atomic E-state index is 0.216. The lowest BCUT2D eigenvalue weighted by Gasteiger charge is -2.09. The van der Waals surface area contributed by atoms with Crippen LogP contribution in [-0.4, -0.2) is 18.0 Å². The van der Waals surface area contributed by atoms with Crippen LogP contribution in [0.25, 0.3) is 10.9 Å². The number of anilines is 1. The predicted octanol–water partition coefficient (Wildman–Crippen LogP) is 4.15. The third kappa shape index (κ3) is 2.87. The number of ether oxygens (including phenoxy) is 1. The van der Waals surface area contributed by atoms with E-state index in [1.165, 1.54) is 0 Å². The smallest absolute Gasteiger partial charge is 0.255 e. The number of carbonyl (C=O) groups excluding carboxylic acids is 1. The van der Waals surface area contributed by atoms with E-state index < -0.39 is 0 Å². The number of hydrogen-bond donors (Lipinski definition) is 1. The molecule has 3 rings (SSSR count). The molecule has 0 aliphatic rings. The molecular formula is C17H13ClN2O2. The molecule has 22 heavy (non-hydrogen) atoms. The highest BCUT2D eigenvalue weighted by Gasteiger charge is 2.10. The molecule has 4 nitrogen and oxygen atoms in total. The Labute approximate surface area is 132 Å². The molecule has 2 aromatic carbocycles. The van der Waals surface area contributed by atoms with Gasteiger partial charge in [0.05, 0.1) is 18.3 Å². The summed E-state index contributed by atoms with van der Waals surface area (Å²) in [5.74, 6) is 0.418. The SMILES string of the molecule is COc1cccc(C(=O)Nc2ccnc3ccc(Cl)cc23)c1. The predicted molar refractivity (Wildman–Crippen MR) is 87.7 cm³/mol. The number of benzene rings is 2. The second kappa shape index (κ2) is 6.03. The van der Waals surface area contributed by atoms with Gasteiger partial charge in [0.15, 0.2) is 0 Å². The van der Waals surface area contributed by atoms with Gasteiger partial charge >= 0.3 is 0 Å². The summed E-state index contributed by atoms with van der Waals surface area (Å²) in [5.41, 5.74) is 1.96. The zero-order valence-corrected chi connectivity index (χ0v) is 12.6. The van der Waals surface area contributed by atoms with Crippen molar-refractivity contribution in [2.24, 2.45) is 0 Å². The van der Waals surface area contributed by atoms with E-state index >= 15 is 0 Å². The molecular weight excluding hydrogens is 300 g/mol. The second-order valence-electron chi connectivity index (χ2n) is 4.71. The highest BCUT2D eigenvalue weighted by molar-refractivity contribution is 6.31. The van der Waals surface area contributed by atoms with Crippen molar-refractivity contribution < 1.29 is 9.53 Å². The van der Waals surface area contributed by atoms with E-state index in [0.29, 0.717) is 22.0 Å². The van der Waals surface area contributed by atoms with Crippen LogP contribution in [0.1, 0.15) is 10.4 Å².